The number of carbonyl (C=O) groups excluding carboxylic acids is 1. The number of amides is 1. The highest BCUT2D eigenvalue weighted by atomic mass is 19.4. The lowest BCUT2D eigenvalue weighted by molar-refractivity contribution is -0.137. The summed E-state index contributed by atoms with van der Waals surface area (Å²) in [6.45, 7) is -0.0960. The minimum absolute atomic E-state index is 0.0960. The highest BCUT2D eigenvalue weighted by Crippen LogP contribution is 2.29. The molecule has 0 aliphatic heterocycles. The van der Waals surface area contributed by atoms with Gasteiger partial charge in [-0.05, 0) is 24.3 Å². The Balaban J connectivity index is 1.56. The van der Waals surface area contributed by atoms with E-state index in [0.717, 1.165) is 18.0 Å². The van der Waals surface area contributed by atoms with Gasteiger partial charge in [0.05, 0.1) is 24.6 Å². The Labute approximate surface area is 156 Å². The molecule has 3 heterocycles. The van der Waals surface area contributed by atoms with Crippen molar-refractivity contribution in [3.8, 4) is 5.69 Å². The average molecular weight is 386 g/mol. The largest absolute Gasteiger partial charge is 0.417 e. The van der Waals surface area contributed by atoms with Crippen molar-refractivity contribution in [3.05, 3.63) is 78.3 Å². The fourth-order valence-corrected chi connectivity index (χ4v) is 2.73. The number of aromatic nitrogens is 5. The highest BCUT2D eigenvalue weighted by molar-refractivity contribution is 5.92. The number of imidazole rings is 1. The maximum atomic E-state index is 12.9. The number of alkyl halides is 3. The van der Waals surface area contributed by atoms with E-state index in [-0.39, 0.29) is 23.7 Å². The molecule has 3 aromatic heterocycles. The Morgan fingerprint density at radius 3 is 2.61 bits per heavy atom. The molecule has 4 aromatic rings. The second-order valence-electron chi connectivity index (χ2n) is 5.93. The number of hydrogen-bond donors (Lipinski definition) is 1. The number of fused-ring (bicyclic) bond motifs is 1. The fraction of sp³-hybridized carbons (Fsp3) is 0.111. The zero-order valence-electron chi connectivity index (χ0n) is 14.3. The molecule has 10 heteroatoms. The molecule has 0 bridgehead atoms. The summed E-state index contributed by atoms with van der Waals surface area (Å²) in [5.41, 5.74) is 0.477. The minimum atomic E-state index is -4.48. The summed E-state index contributed by atoms with van der Waals surface area (Å²) < 4.78 is 41.6. The Hall–Kier alpha value is -3.69. The molecule has 0 saturated heterocycles. The van der Waals surface area contributed by atoms with Crippen molar-refractivity contribution in [1.82, 2.24) is 29.5 Å². The van der Waals surface area contributed by atoms with Gasteiger partial charge in [0.15, 0.2) is 11.5 Å². The Bertz CT molecular complexity index is 1130. The molecule has 4 rings (SSSR count). The van der Waals surface area contributed by atoms with Gasteiger partial charge >= 0.3 is 6.18 Å². The van der Waals surface area contributed by atoms with Crippen LogP contribution in [0, 0.1) is 0 Å². The molecule has 1 N–H and O–H groups in total. The molecule has 0 aliphatic rings. The summed E-state index contributed by atoms with van der Waals surface area (Å²) in [6, 6.07) is 11.3. The first kappa shape index (κ1) is 17.7. The van der Waals surface area contributed by atoms with Gasteiger partial charge < -0.3 is 5.32 Å². The molecular weight excluding hydrogens is 373 g/mol. The third-order valence-corrected chi connectivity index (χ3v) is 4.11. The third-order valence-electron chi connectivity index (χ3n) is 4.11. The molecular formula is C18H13F3N6O. The van der Waals surface area contributed by atoms with Gasteiger partial charge in [0.25, 0.3) is 5.91 Å². The molecule has 0 radical (unpaired) electrons. The number of rotatable bonds is 4. The van der Waals surface area contributed by atoms with E-state index in [1.807, 2.05) is 30.3 Å². The van der Waals surface area contributed by atoms with Gasteiger partial charge in [-0.25, -0.2) is 4.98 Å². The van der Waals surface area contributed by atoms with Gasteiger partial charge in [-0.1, -0.05) is 18.2 Å². The van der Waals surface area contributed by atoms with Gasteiger partial charge in [-0.3, -0.25) is 13.8 Å². The number of nitrogens with one attached hydrogen (secondary N) is 1. The molecule has 142 valence electrons. The standard InChI is InChI=1S/C18H13F3N6O/c19-18(20,21)12-6-7-15-24-25-16(26(15)10-12)9-23-17(28)14-8-22-11-27(14)13-4-2-1-3-5-13/h1-8,10-11H,9H2,(H,23,28). The van der Waals surface area contributed by atoms with E-state index in [2.05, 4.69) is 20.5 Å². The normalized spacial score (nSPS) is 11.7. The highest BCUT2D eigenvalue weighted by Gasteiger charge is 2.31. The lowest BCUT2D eigenvalue weighted by atomic mass is 10.3. The van der Waals surface area contributed by atoms with Crippen molar-refractivity contribution in [2.24, 2.45) is 0 Å². The summed E-state index contributed by atoms with van der Waals surface area (Å²) in [5, 5.41) is 10.3. The predicted molar refractivity (Wildman–Crippen MR) is 92.7 cm³/mol. The summed E-state index contributed by atoms with van der Waals surface area (Å²) in [4.78, 5) is 16.5. The summed E-state index contributed by atoms with van der Waals surface area (Å²) >= 11 is 0. The van der Waals surface area contributed by atoms with Crippen molar-refractivity contribution in [3.63, 3.8) is 0 Å². The number of hydrogen-bond acceptors (Lipinski definition) is 4. The van der Waals surface area contributed by atoms with Crippen molar-refractivity contribution < 1.29 is 18.0 Å². The van der Waals surface area contributed by atoms with E-state index in [1.54, 1.807) is 4.57 Å². The first-order valence-corrected chi connectivity index (χ1v) is 8.20. The summed E-state index contributed by atoms with van der Waals surface area (Å²) in [5.74, 6) is -0.259. The van der Waals surface area contributed by atoms with Crippen LogP contribution in [-0.4, -0.2) is 30.1 Å². The van der Waals surface area contributed by atoms with Crippen LogP contribution in [0.1, 0.15) is 21.9 Å². The third kappa shape index (κ3) is 3.31. The number of nitrogens with zero attached hydrogens (tertiary/aromatic N) is 5. The molecule has 0 unspecified atom stereocenters. The van der Waals surface area contributed by atoms with Crippen molar-refractivity contribution in [1.29, 1.82) is 0 Å². The Morgan fingerprint density at radius 1 is 1.07 bits per heavy atom. The number of pyridine rings is 1. The van der Waals surface area contributed by atoms with Crippen LogP contribution < -0.4 is 5.32 Å². The smallest absolute Gasteiger partial charge is 0.343 e. The first-order valence-electron chi connectivity index (χ1n) is 8.20. The van der Waals surface area contributed by atoms with Gasteiger partial charge in [0, 0.05) is 11.9 Å². The van der Waals surface area contributed by atoms with E-state index < -0.39 is 17.6 Å². The van der Waals surface area contributed by atoms with Crippen LogP contribution in [0.5, 0.6) is 0 Å². The van der Waals surface area contributed by atoms with E-state index in [4.69, 9.17) is 0 Å². The quantitative estimate of drug-likeness (QED) is 0.585. The number of carbonyl (C=O) groups is 1. The van der Waals surface area contributed by atoms with Crippen LogP contribution in [0.2, 0.25) is 0 Å². The predicted octanol–water partition coefficient (Wildman–Crippen LogP) is 2.86. The molecule has 0 spiro atoms. The van der Waals surface area contributed by atoms with Crippen molar-refractivity contribution in [2.75, 3.05) is 0 Å². The molecule has 0 atom stereocenters. The van der Waals surface area contributed by atoms with E-state index >= 15 is 0 Å². The monoisotopic (exact) mass is 386 g/mol. The number of halogens is 3. The molecule has 1 aromatic carbocycles. The maximum Gasteiger partial charge on any atom is 0.417 e. The lowest BCUT2D eigenvalue weighted by Crippen LogP contribution is -2.26. The van der Waals surface area contributed by atoms with Crippen LogP contribution in [0.3, 0.4) is 0 Å². The first-order chi connectivity index (χ1) is 13.4. The topological polar surface area (TPSA) is 77.1 Å². The van der Waals surface area contributed by atoms with Gasteiger partial charge in [0.2, 0.25) is 0 Å². The summed E-state index contributed by atoms with van der Waals surface area (Å²) in [7, 11) is 0. The van der Waals surface area contributed by atoms with Crippen molar-refractivity contribution >= 4 is 11.6 Å². The molecule has 7 nitrogen and oxygen atoms in total. The fourth-order valence-electron chi connectivity index (χ4n) is 2.73. The van der Waals surface area contributed by atoms with E-state index in [1.165, 1.54) is 23.0 Å². The Morgan fingerprint density at radius 2 is 1.86 bits per heavy atom. The van der Waals surface area contributed by atoms with Gasteiger partial charge in [-0.15, -0.1) is 10.2 Å². The number of para-hydroxylation sites is 1. The van der Waals surface area contributed by atoms with E-state index in [9.17, 15) is 18.0 Å². The van der Waals surface area contributed by atoms with Gasteiger partial charge in [0.1, 0.15) is 5.69 Å². The molecule has 0 saturated carbocycles. The van der Waals surface area contributed by atoms with Crippen LogP contribution >= 0.6 is 0 Å². The second kappa shape index (κ2) is 6.80. The average Bonchev–Trinajstić information content (AvgIpc) is 3.33. The van der Waals surface area contributed by atoms with Crippen LogP contribution in [0.15, 0.2) is 61.2 Å². The molecule has 0 fully saturated rings. The van der Waals surface area contributed by atoms with Gasteiger partial charge in [-0.2, -0.15) is 13.2 Å². The summed E-state index contributed by atoms with van der Waals surface area (Å²) in [6.07, 6.45) is -0.662. The van der Waals surface area contributed by atoms with Crippen LogP contribution in [-0.2, 0) is 12.7 Å². The van der Waals surface area contributed by atoms with E-state index in [0.29, 0.717) is 0 Å². The van der Waals surface area contributed by atoms with Crippen LogP contribution in [0.4, 0.5) is 13.2 Å². The zero-order chi connectivity index (χ0) is 19.7. The minimum Gasteiger partial charge on any atom is -0.343 e. The number of benzene rings is 1. The van der Waals surface area contributed by atoms with Crippen LogP contribution in [0.25, 0.3) is 11.3 Å². The molecule has 0 aliphatic carbocycles. The lowest BCUT2D eigenvalue weighted by Gasteiger charge is -2.09. The maximum absolute atomic E-state index is 12.9. The second-order valence-corrected chi connectivity index (χ2v) is 5.93. The van der Waals surface area contributed by atoms with Crippen molar-refractivity contribution in [2.45, 2.75) is 12.7 Å². The zero-order valence-corrected chi connectivity index (χ0v) is 14.3. The molecule has 1 amide bonds. The molecule has 28 heavy (non-hydrogen) atoms. The SMILES string of the molecule is O=C(NCc1nnc2ccc(C(F)(F)F)cn12)c1cncn1-c1ccccc1. The Kier molecular flexibility index (Phi) is 4.30.